The van der Waals surface area contributed by atoms with E-state index in [1.807, 2.05) is 24.3 Å². The van der Waals surface area contributed by atoms with E-state index in [0.717, 1.165) is 0 Å². The van der Waals surface area contributed by atoms with Crippen molar-refractivity contribution in [1.82, 2.24) is 10.2 Å². The molecule has 0 unspecified atom stereocenters. The summed E-state index contributed by atoms with van der Waals surface area (Å²) in [6.07, 6.45) is 0. The number of carbonyl (C=O) groups excluding carboxylic acids is 2. The van der Waals surface area contributed by atoms with Gasteiger partial charge in [0, 0.05) is 36.3 Å². The number of anilines is 1. The highest BCUT2D eigenvalue weighted by Gasteiger charge is 2.53. The zero-order valence-electron chi connectivity index (χ0n) is 15.1. The van der Waals surface area contributed by atoms with Gasteiger partial charge in [0.05, 0.1) is 11.0 Å². The smallest absolute Gasteiger partial charge is 0.321 e. The van der Waals surface area contributed by atoms with Crippen LogP contribution in [-0.2, 0) is 9.84 Å². The van der Waals surface area contributed by atoms with Gasteiger partial charge in [-0.15, -0.1) is 0 Å². The highest BCUT2D eigenvalue weighted by atomic mass is 32.2. The number of hydrogen-bond donors (Lipinski definition) is 2. The van der Waals surface area contributed by atoms with Gasteiger partial charge in [-0.2, -0.15) is 0 Å². The molecule has 2 aliphatic heterocycles. The van der Waals surface area contributed by atoms with Crippen LogP contribution in [0.15, 0.2) is 60.7 Å². The number of nitrogens with one attached hydrogen (secondary N) is 2. The predicted octanol–water partition coefficient (Wildman–Crippen LogP) is 1.75. The zero-order chi connectivity index (χ0) is 19.7. The van der Waals surface area contributed by atoms with Crippen molar-refractivity contribution in [3.63, 3.8) is 0 Å². The molecule has 4 rings (SSSR count). The maximum Gasteiger partial charge on any atom is 0.321 e. The lowest BCUT2D eigenvalue weighted by atomic mass is 10.00. The fourth-order valence-electron chi connectivity index (χ4n) is 3.94. The topological polar surface area (TPSA) is 95.6 Å². The fraction of sp³-hybridized carbons (Fsp3) is 0.300. The number of para-hydroxylation sites is 1. The molecule has 0 spiro atoms. The van der Waals surface area contributed by atoms with Gasteiger partial charge in [0.2, 0.25) is 0 Å². The maximum absolute atomic E-state index is 12.6. The van der Waals surface area contributed by atoms with Crippen molar-refractivity contribution in [3.05, 3.63) is 66.2 Å². The second-order valence-electron chi connectivity index (χ2n) is 7.18. The minimum absolute atomic E-state index is 0.0882. The van der Waals surface area contributed by atoms with E-state index in [2.05, 4.69) is 10.6 Å². The van der Waals surface area contributed by atoms with Gasteiger partial charge in [0.15, 0.2) is 9.84 Å². The summed E-state index contributed by atoms with van der Waals surface area (Å²) in [5, 5.41) is 5.00. The summed E-state index contributed by atoms with van der Waals surface area (Å²) in [5.74, 6) is -0.692. The molecular weight excluding hydrogens is 378 g/mol. The first kappa shape index (κ1) is 18.5. The van der Waals surface area contributed by atoms with Crippen LogP contribution in [-0.4, -0.2) is 55.4 Å². The van der Waals surface area contributed by atoms with Crippen LogP contribution in [0.1, 0.15) is 10.4 Å². The van der Waals surface area contributed by atoms with Crippen molar-refractivity contribution in [2.75, 3.05) is 24.2 Å². The fourth-order valence-corrected chi connectivity index (χ4v) is 6.24. The molecule has 2 aliphatic rings. The van der Waals surface area contributed by atoms with Crippen LogP contribution in [0.2, 0.25) is 0 Å². The third-order valence-electron chi connectivity index (χ3n) is 5.36. The Morgan fingerprint density at radius 2 is 1.57 bits per heavy atom. The molecule has 3 amide bonds. The summed E-state index contributed by atoms with van der Waals surface area (Å²) >= 11 is 0. The molecule has 28 heavy (non-hydrogen) atoms. The normalized spacial score (nSPS) is 25.1. The highest BCUT2D eigenvalue weighted by Crippen LogP contribution is 2.34. The van der Waals surface area contributed by atoms with E-state index in [-0.39, 0.29) is 30.2 Å². The summed E-state index contributed by atoms with van der Waals surface area (Å²) in [4.78, 5) is 26.5. The van der Waals surface area contributed by atoms with Crippen LogP contribution in [0.25, 0.3) is 0 Å². The molecule has 2 saturated heterocycles. The first-order valence-electron chi connectivity index (χ1n) is 9.12. The standard InChI is InChI=1S/C20H21N3O4S/c24-19(14-7-3-1-4-8-14)22-17-13-28(26,27)18-12-23(11-16(17)18)20(25)21-15-9-5-2-6-10-15/h1-10,16-18H,11-13H2,(H,21,25)(H,22,24)/t16-,17+,18-/m0/s1. The second kappa shape index (κ2) is 7.27. The van der Waals surface area contributed by atoms with Crippen LogP contribution in [0.3, 0.4) is 0 Å². The van der Waals surface area contributed by atoms with E-state index >= 15 is 0 Å². The Labute approximate surface area is 163 Å². The van der Waals surface area contributed by atoms with Crippen LogP contribution < -0.4 is 10.6 Å². The molecule has 146 valence electrons. The molecule has 8 heteroatoms. The molecule has 2 aromatic carbocycles. The molecular formula is C20H21N3O4S. The molecule has 2 heterocycles. The number of rotatable bonds is 3. The van der Waals surface area contributed by atoms with E-state index in [1.165, 1.54) is 4.90 Å². The number of benzene rings is 2. The van der Waals surface area contributed by atoms with Crippen molar-refractivity contribution in [2.24, 2.45) is 5.92 Å². The Kier molecular flexibility index (Phi) is 4.80. The summed E-state index contributed by atoms with van der Waals surface area (Å²) in [6, 6.07) is 16.9. The minimum atomic E-state index is -3.38. The molecule has 0 aromatic heterocycles. The zero-order valence-corrected chi connectivity index (χ0v) is 15.9. The number of carbonyl (C=O) groups is 2. The van der Waals surface area contributed by atoms with Gasteiger partial charge in [0.1, 0.15) is 0 Å². The molecule has 0 saturated carbocycles. The largest absolute Gasteiger partial charge is 0.348 e. The number of urea groups is 1. The van der Waals surface area contributed by atoms with Gasteiger partial charge >= 0.3 is 6.03 Å². The van der Waals surface area contributed by atoms with Crippen molar-refractivity contribution in [1.29, 1.82) is 0 Å². The van der Waals surface area contributed by atoms with Gasteiger partial charge < -0.3 is 15.5 Å². The number of sulfone groups is 1. The van der Waals surface area contributed by atoms with Crippen LogP contribution in [0, 0.1) is 5.92 Å². The van der Waals surface area contributed by atoms with E-state index < -0.39 is 21.1 Å². The van der Waals surface area contributed by atoms with Gasteiger partial charge in [-0.3, -0.25) is 4.79 Å². The Bertz CT molecular complexity index is 979. The van der Waals surface area contributed by atoms with Crippen LogP contribution in [0.4, 0.5) is 10.5 Å². The molecule has 7 nitrogen and oxygen atoms in total. The summed E-state index contributed by atoms with van der Waals surface area (Å²) in [7, 11) is -3.38. The number of nitrogens with zero attached hydrogens (tertiary/aromatic N) is 1. The average molecular weight is 399 g/mol. The Balaban J connectivity index is 1.46. The summed E-state index contributed by atoms with van der Waals surface area (Å²) < 4.78 is 25.2. The maximum atomic E-state index is 12.6. The quantitative estimate of drug-likeness (QED) is 0.822. The van der Waals surface area contributed by atoms with Gasteiger partial charge in [-0.1, -0.05) is 36.4 Å². The van der Waals surface area contributed by atoms with Crippen molar-refractivity contribution >= 4 is 27.5 Å². The number of likely N-dealkylation sites (tertiary alicyclic amines) is 1. The Morgan fingerprint density at radius 3 is 2.25 bits per heavy atom. The third kappa shape index (κ3) is 3.60. The van der Waals surface area contributed by atoms with Gasteiger partial charge in [-0.25, -0.2) is 13.2 Å². The number of fused-ring (bicyclic) bond motifs is 1. The van der Waals surface area contributed by atoms with Crippen molar-refractivity contribution in [3.8, 4) is 0 Å². The molecule has 3 atom stereocenters. The minimum Gasteiger partial charge on any atom is -0.348 e. The molecule has 2 aromatic rings. The predicted molar refractivity (Wildman–Crippen MR) is 106 cm³/mol. The number of hydrogen-bond acceptors (Lipinski definition) is 4. The van der Waals surface area contributed by atoms with Gasteiger partial charge in [0.25, 0.3) is 5.91 Å². The van der Waals surface area contributed by atoms with Crippen molar-refractivity contribution in [2.45, 2.75) is 11.3 Å². The number of amides is 3. The lowest BCUT2D eigenvalue weighted by molar-refractivity contribution is 0.0931. The molecule has 0 bridgehead atoms. The van der Waals surface area contributed by atoms with Gasteiger partial charge in [-0.05, 0) is 24.3 Å². The average Bonchev–Trinajstić information content (AvgIpc) is 3.23. The highest BCUT2D eigenvalue weighted by molar-refractivity contribution is 7.92. The van der Waals surface area contributed by atoms with Crippen molar-refractivity contribution < 1.29 is 18.0 Å². The molecule has 0 aliphatic carbocycles. The summed E-state index contributed by atoms with van der Waals surface area (Å²) in [5.41, 5.74) is 1.14. The molecule has 2 fully saturated rings. The van der Waals surface area contributed by atoms with Crippen LogP contribution in [0.5, 0.6) is 0 Å². The van der Waals surface area contributed by atoms with E-state index in [9.17, 15) is 18.0 Å². The lowest BCUT2D eigenvalue weighted by Gasteiger charge is -2.21. The molecule has 2 N–H and O–H groups in total. The Hall–Kier alpha value is -2.87. The molecule has 0 radical (unpaired) electrons. The monoisotopic (exact) mass is 399 g/mol. The van der Waals surface area contributed by atoms with Crippen LogP contribution >= 0.6 is 0 Å². The first-order valence-corrected chi connectivity index (χ1v) is 10.8. The Morgan fingerprint density at radius 1 is 0.929 bits per heavy atom. The SMILES string of the molecule is O=C(N[C@@H]1CS(=O)(=O)[C@H]2CN(C(=O)Nc3ccccc3)C[C@@H]12)c1ccccc1. The first-order chi connectivity index (χ1) is 13.4. The summed E-state index contributed by atoms with van der Waals surface area (Å²) in [6.45, 7) is 0.436. The lowest BCUT2D eigenvalue weighted by Crippen LogP contribution is -2.43. The second-order valence-corrected chi connectivity index (χ2v) is 9.44. The van der Waals surface area contributed by atoms with E-state index in [4.69, 9.17) is 0 Å². The van der Waals surface area contributed by atoms with E-state index in [0.29, 0.717) is 17.8 Å². The third-order valence-corrected chi connectivity index (χ3v) is 7.61. The van der Waals surface area contributed by atoms with E-state index in [1.54, 1.807) is 36.4 Å².